The molecule has 8 heteroatoms. The molecule has 174 valence electrons. The normalized spacial score (nSPS) is 23.6. The number of nitrogens with zero attached hydrogens (tertiary/aromatic N) is 1. The maximum absolute atomic E-state index is 12.9. The number of hydrogen-bond donors (Lipinski definition) is 3. The van der Waals surface area contributed by atoms with E-state index in [-0.39, 0.29) is 18.4 Å². The highest BCUT2D eigenvalue weighted by Gasteiger charge is 2.49. The highest BCUT2D eigenvalue weighted by molar-refractivity contribution is 5.88. The van der Waals surface area contributed by atoms with E-state index in [0.717, 1.165) is 12.1 Å². The molecule has 3 N–H and O–H groups in total. The first-order valence-electron chi connectivity index (χ1n) is 10.8. The van der Waals surface area contributed by atoms with Crippen LogP contribution in [-0.2, 0) is 19.1 Å². The molecule has 2 aliphatic rings. The summed E-state index contributed by atoms with van der Waals surface area (Å²) in [6.07, 6.45) is 3.66. The lowest BCUT2D eigenvalue weighted by Crippen LogP contribution is -2.55. The van der Waals surface area contributed by atoms with Gasteiger partial charge in [0.15, 0.2) is 0 Å². The number of carbonyl (C=O) groups excluding carboxylic acids is 2. The molecule has 0 bridgehead atoms. The van der Waals surface area contributed by atoms with Gasteiger partial charge in [-0.2, -0.15) is 0 Å². The van der Waals surface area contributed by atoms with Gasteiger partial charge in [0.2, 0.25) is 5.60 Å². The fourth-order valence-electron chi connectivity index (χ4n) is 4.21. The second-order valence-corrected chi connectivity index (χ2v) is 8.63. The van der Waals surface area contributed by atoms with Crippen molar-refractivity contribution < 1.29 is 34.4 Å². The summed E-state index contributed by atoms with van der Waals surface area (Å²) >= 11 is 0. The van der Waals surface area contributed by atoms with Crippen LogP contribution >= 0.6 is 0 Å². The van der Waals surface area contributed by atoms with E-state index >= 15 is 0 Å². The third kappa shape index (κ3) is 5.03. The van der Waals surface area contributed by atoms with E-state index in [9.17, 15) is 24.9 Å². The molecule has 0 unspecified atom stereocenters. The minimum Gasteiger partial charge on any atom is -0.508 e. The summed E-state index contributed by atoms with van der Waals surface area (Å²) in [5.41, 5.74) is -0.537. The summed E-state index contributed by atoms with van der Waals surface area (Å²) in [7, 11) is 0. The Kier molecular flexibility index (Phi) is 7.38. The smallest absolute Gasteiger partial charge is 0.342 e. The number of fused-ring (bicyclic) bond motifs is 1. The zero-order chi connectivity index (χ0) is 23.5. The van der Waals surface area contributed by atoms with Crippen molar-refractivity contribution in [2.24, 2.45) is 5.92 Å². The Morgan fingerprint density at radius 3 is 2.59 bits per heavy atom. The Bertz CT molecular complexity index is 892. The molecule has 32 heavy (non-hydrogen) atoms. The Balaban J connectivity index is 1.60. The molecule has 0 saturated carbocycles. The molecule has 1 aromatic carbocycles. The van der Waals surface area contributed by atoms with Crippen molar-refractivity contribution in [3.05, 3.63) is 47.6 Å². The summed E-state index contributed by atoms with van der Waals surface area (Å²) in [6.45, 7) is 6.20. The second kappa shape index (κ2) is 9.85. The summed E-state index contributed by atoms with van der Waals surface area (Å²) in [6, 6.07) is 6.08. The second-order valence-electron chi connectivity index (χ2n) is 8.63. The van der Waals surface area contributed by atoms with Gasteiger partial charge >= 0.3 is 11.9 Å². The fraction of sp³-hybridized carbons (Fsp3) is 0.500. The molecule has 8 nitrogen and oxygen atoms in total. The topological polar surface area (TPSA) is 117 Å². The van der Waals surface area contributed by atoms with Gasteiger partial charge in [-0.3, -0.25) is 4.90 Å². The number of esters is 2. The summed E-state index contributed by atoms with van der Waals surface area (Å²) in [5, 5.41) is 30.6. The van der Waals surface area contributed by atoms with E-state index in [1.165, 1.54) is 31.2 Å². The molecule has 3 rings (SSSR count). The molecular formula is C24H31NO7. The minimum atomic E-state index is -2.03. The molecule has 0 aromatic heterocycles. The third-order valence-corrected chi connectivity index (χ3v) is 6.23. The number of aliphatic hydroxyl groups is 2. The van der Waals surface area contributed by atoms with Crippen LogP contribution in [0.1, 0.15) is 32.8 Å². The first-order valence-corrected chi connectivity index (χ1v) is 10.8. The molecule has 2 heterocycles. The number of benzene rings is 1. The molecule has 4 atom stereocenters. The largest absolute Gasteiger partial charge is 0.508 e. The van der Waals surface area contributed by atoms with Gasteiger partial charge in [0.25, 0.3) is 0 Å². The van der Waals surface area contributed by atoms with Gasteiger partial charge in [-0.25, -0.2) is 9.59 Å². The fourth-order valence-corrected chi connectivity index (χ4v) is 4.21. The lowest BCUT2D eigenvalue weighted by Gasteiger charge is -2.34. The summed E-state index contributed by atoms with van der Waals surface area (Å²) in [4.78, 5) is 27.2. The van der Waals surface area contributed by atoms with Gasteiger partial charge in [0.1, 0.15) is 18.5 Å². The Hall–Kier alpha value is -2.68. The monoisotopic (exact) mass is 445 g/mol. The van der Waals surface area contributed by atoms with Crippen LogP contribution in [0.5, 0.6) is 5.75 Å². The first-order chi connectivity index (χ1) is 15.1. The highest BCUT2D eigenvalue weighted by Crippen LogP contribution is 2.31. The van der Waals surface area contributed by atoms with Crippen molar-refractivity contribution in [2.75, 3.05) is 19.7 Å². The predicted octanol–water partition coefficient (Wildman–Crippen LogP) is 1.64. The minimum absolute atomic E-state index is 0.0342. The van der Waals surface area contributed by atoms with E-state index in [1.54, 1.807) is 26.0 Å². The molecular weight excluding hydrogens is 414 g/mol. The molecule has 2 aliphatic heterocycles. The lowest BCUT2D eigenvalue weighted by molar-refractivity contribution is -0.191. The van der Waals surface area contributed by atoms with Gasteiger partial charge in [-0.05, 0) is 48.6 Å². The third-order valence-electron chi connectivity index (χ3n) is 6.23. The maximum Gasteiger partial charge on any atom is 0.342 e. The van der Waals surface area contributed by atoms with E-state index < -0.39 is 35.7 Å². The quantitative estimate of drug-likeness (QED) is 0.314. The maximum atomic E-state index is 12.9. The molecule has 1 fully saturated rings. The van der Waals surface area contributed by atoms with Crippen molar-refractivity contribution in [3.8, 4) is 5.75 Å². The number of phenols is 1. The molecule has 0 aliphatic carbocycles. The zero-order valence-electron chi connectivity index (χ0n) is 18.6. The van der Waals surface area contributed by atoms with Crippen LogP contribution in [0.2, 0.25) is 0 Å². The average Bonchev–Trinajstić information content (AvgIpc) is 3.33. The number of carbonyl (C=O) groups is 2. The van der Waals surface area contributed by atoms with Gasteiger partial charge in [0, 0.05) is 19.2 Å². The Morgan fingerprint density at radius 2 is 1.94 bits per heavy atom. The van der Waals surface area contributed by atoms with E-state index in [1.807, 2.05) is 6.08 Å². The number of aromatic hydroxyl groups is 1. The van der Waals surface area contributed by atoms with Gasteiger partial charge in [-0.1, -0.05) is 32.1 Å². The predicted molar refractivity (Wildman–Crippen MR) is 118 cm³/mol. The van der Waals surface area contributed by atoms with Crippen molar-refractivity contribution in [3.63, 3.8) is 0 Å². The number of rotatable bonds is 8. The van der Waals surface area contributed by atoms with E-state index in [4.69, 9.17) is 9.47 Å². The number of aliphatic hydroxyl groups excluding tert-OH is 1. The van der Waals surface area contributed by atoms with Crippen LogP contribution in [0, 0.1) is 5.92 Å². The zero-order valence-corrected chi connectivity index (χ0v) is 18.6. The van der Waals surface area contributed by atoms with Crippen molar-refractivity contribution >= 4 is 18.0 Å². The number of phenolic OH excluding ortho intramolecular Hbond substituents is 1. The number of hydrogen-bond acceptors (Lipinski definition) is 8. The van der Waals surface area contributed by atoms with Crippen molar-refractivity contribution in [1.82, 2.24) is 4.90 Å². The van der Waals surface area contributed by atoms with Crippen LogP contribution in [-0.4, -0.2) is 75.7 Å². The van der Waals surface area contributed by atoms with Crippen LogP contribution in [0.25, 0.3) is 6.08 Å². The molecule has 0 radical (unpaired) electrons. The molecule has 0 amide bonds. The van der Waals surface area contributed by atoms with Gasteiger partial charge < -0.3 is 24.8 Å². The standard InChI is InChI=1S/C24H31NO7/c1-15(2)24(30,16(3)32-21(28)9-6-17-4-7-19(26)8-5-17)23(29)31-14-18-10-12-25-13-11-20(27)22(18)25/h4-10,15-16,20,22,26-27,30H,11-14H2,1-3H3/b9-6+/t16-,20-,22+,24-/m0/s1. The lowest BCUT2D eigenvalue weighted by atomic mass is 9.85. The van der Waals surface area contributed by atoms with Crippen LogP contribution in [0.3, 0.4) is 0 Å². The molecule has 1 aromatic rings. The van der Waals surface area contributed by atoms with Gasteiger partial charge in [0.05, 0.1) is 12.1 Å². The average molecular weight is 446 g/mol. The van der Waals surface area contributed by atoms with E-state index in [2.05, 4.69) is 4.90 Å². The molecule has 0 spiro atoms. The Morgan fingerprint density at radius 1 is 1.25 bits per heavy atom. The van der Waals surface area contributed by atoms with Crippen molar-refractivity contribution in [2.45, 2.75) is 51.0 Å². The van der Waals surface area contributed by atoms with Crippen LogP contribution in [0.15, 0.2) is 42.0 Å². The summed E-state index contributed by atoms with van der Waals surface area (Å²) in [5.74, 6) is -2.06. The summed E-state index contributed by atoms with van der Waals surface area (Å²) < 4.78 is 10.7. The van der Waals surface area contributed by atoms with E-state index in [0.29, 0.717) is 18.5 Å². The SMILES string of the molecule is CC(C)[C@@](O)(C(=O)OCC1=CCN2CC[C@H](O)[C@@H]12)[C@H](C)OC(=O)/C=C/c1ccc(O)cc1. The first kappa shape index (κ1) is 24.0. The van der Waals surface area contributed by atoms with Crippen LogP contribution < -0.4 is 0 Å². The molecule has 1 saturated heterocycles. The van der Waals surface area contributed by atoms with Crippen LogP contribution in [0.4, 0.5) is 0 Å². The van der Waals surface area contributed by atoms with Gasteiger partial charge in [-0.15, -0.1) is 0 Å². The number of ether oxygens (including phenoxy) is 2. The highest BCUT2D eigenvalue weighted by atomic mass is 16.6. The van der Waals surface area contributed by atoms with Crippen molar-refractivity contribution in [1.29, 1.82) is 0 Å². The Labute approximate surface area is 187 Å².